The molecule has 2 aromatic rings. The maximum absolute atomic E-state index is 14.5. The van der Waals surface area contributed by atoms with Crippen LogP contribution in [0.3, 0.4) is 0 Å². The summed E-state index contributed by atoms with van der Waals surface area (Å²) in [4.78, 5) is 47.6. The molecule has 1 aromatic heterocycles. The van der Waals surface area contributed by atoms with Gasteiger partial charge in [-0.15, -0.1) is 0 Å². The fourth-order valence-electron chi connectivity index (χ4n) is 5.10. The summed E-state index contributed by atoms with van der Waals surface area (Å²) >= 11 is 0. The van der Waals surface area contributed by atoms with E-state index in [2.05, 4.69) is 10.3 Å². The summed E-state index contributed by atoms with van der Waals surface area (Å²) in [6.45, 7) is 5.57. The van der Waals surface area contributed by atoms with E-state index in [0.717, 1.165) is 4.57 Å². The first kappa shape index (κ1) is 33.1. The summed E-state index contributed by atoms with van der Waals surface area (Å²) < 4.78 is 89.6. The first-order chi connectivity index (χ1) is 20.4. The number of hydrogen-bond donors (Lipinski definition) is 1. The third-order valence-corrected chi connectivity index (χ3v) is 7.30. The van der Waals surface area contributed by atoms with Crippen LogP contribution >= 0.6 is 0 Å². The summed E-state index contributed by atoms with van der Waals surface area (Å²) in [7, 11) is 1.86. The van der Waals surface area contributed by atoms with Crippen molar-refractivity contribution >= 4 is 17.9 Å². The van der Waals surface area contributed by atoms with Crippen molar-refractivity contribution in [3.63, 3.8) is 0 Å². The summed E-state index contributed by atoms with van der Waals surface area (Å²) in [6, 6.07) is -0.200. The highest BCUT2D eigenvalue weighted by Crippen LogP contribution is 2.33. The van der Waals surface area contributed by atoms with Crippen LogP contribution in [0.2, 0.25) is 0 Å². The lowest BCUT2D eigenvalue weighted by Gasteiger charge is -2.33. The fourth-order valence-corrected chi connectivity index (χ4v) is 5.10. The number of aromatic nitrogens is 2. The highest BCUT2D eigenvalue weighted by molar-refractivity contribution is 5.94. The molecule has 2 aliphatic heterocycles. The summed E-state index contributed by atoms with van der Waals surface area (Å²) in [5.41, 5.74) is -1.72. The van der Waals surface area contributed by atoms with E-state index in [1.165, 1.54) is 9.80 Å². The number of likely N-dealkylation sites (N-methyl/N-ethyl adjacent to an activating group) is 1. The van der Waals surface area contributed by atoms with Gasteiger partial charge in [-0.2, -0.15) is 13.2 Å². The molecule has 1 atom stereocenters. The molecule has 44 heavy (non-hydrogen) atoms. The zero-order valence-electron chi connectivity index (χ0n) is 24.7. The van der Waals surface area contributed by atoms with E-state index in [1.54, 1.807) is 20.8 Å². The third kappa shape index (κ3) is 7.81. The van der Waals surface area contributed by atoms with Crippen LogP contribution in [0.15, 0.2) is 12.1 Å². The lowest BCUT2D eigenvalue weighted by molar-refractivity contribution is -0.148. The first-order valence-corrected chi connectivity index (χ1v) is 14.0. The number of alkyl carbamates (subject to hydrolysis) is 1. The van der Waals surface area contributed by atoms with E-state index in [9.17, 15) is 40.7 Å². The van der Waals surface area contributed by atoms with Gasteiger partial charge in [0.2, 0.25) is 11.7 Å². The van der Waals surface area contributed by atoms with Crippen molar-refractivity contribution in [2.24, 2.45) is 0 Å². The van der Waals surface area contributed by atoms with E-state index >= 15 is 0 Å². The molecule has 1 saturated heterocycles. The van der Waals surface area contributed by atoms with E-state index in [1.807, 2.05) is 11.9 Å². The van der Waals surface area contributed by atoms with Crippen molar-refractivity contribution in [1.29, 1.82) is 0 Å². The van der Waals surface area contributed by atoms with Crippen LogP contribution in [0, 0.1) is 17.5 Å². The second kappa shape index (κ2) is 12.7. The zero-order valence-corrected chi connectivity index (χ0v) is 24.7. The van der Waals surface area contributed by atoms with Crippen molar-refractivity contribution in [3.8, 4) is 0 Å². The van der Waals surface area contributed by atoms with Crippen LogP contribution in [-0.2, 0) is 35.2 Å². The molecular weight excluding hydrogens is 598 g/mol. The van der Waals surface area contributed by atoms with Gasteiger partial charge in [-0.25, -0.2) is 22.9 Å². The molecule has 4 rings (SSSR count). The van der Waals surface area contributed by atoms with Crippen LogP contribution in [0.4, 0.5) is 31.1 Å². The van der Waals surface area contributed by atoms with Crippen molar-refractivity contribution in [1.82, 2.24) is 29.6 Å². The van der Waals surface area contributed by atoms with Gasteiger partial charge in [0.1, 0.15) is 11.4 Å². The third-order valence-electron chi connectivity index (χ3n) is 7.30. The van der Waals surface area contributed by atoms with E-state index in [4.69, 9.17) is 4.74 Å². The molecule has 0 saturated carbocycles. The predicted molar refractivity (Wildman–Crippen MR) is 144 cm³/mol. The standard InChI is InChI=1S/C28H34F6N6O4/c1-27(2,3)44-26(43)35-17(11-16-12-19(30)20(31)14-18(16)29)13-22(41)39-9-10-40-21(15-39)23(36-25(40)28(32,33)34)24(42)38-7-5-37(4)6-8-38/h12,14,17H,5-11,13,15H2,1-4H3,(H,35,43)/t17-/m1/s1. The molecule has 0 bridgehead atoms. The van der Waals surface area contributed by atoms with E-state index in [0.29, 0.717) is 38.3 Å². The molecule has 10 nitrogen and oxygen atoms in total. The Hall–Kier alpha value is -3.82. The number of fused-ring (bicyclic) bond motifs is 1. The van der Waals surface area contributed by atoms with Gasteiger partial charge in [-0.1, -0.05) is 0 Å². The number of halogens is 6. The van der Waals surface area contributed by atoms with Gasteiger partial charge in [0.25, 0.3) is 5.91 Å². The maximum atomic E-state index is 14.5. The van der Waals surface area contributed by atoms with E-state index < -0.39 is 77.5 Å². The fraction of sp³-hybridized carbons (Fsp3) is 0.571. The minimum Gasteiger partial charge on any atom is -0.444 e. The number of imidazole rings is 1. The van der Waals surface area contributed by atoms with Crippen molar-refractivity contribution in [3.05, 3.63) is 52.4 Å². The number of nitrogens with one attached hydrogen (secondary N) is 1. The van der Waals surface area contributed by atoms with Gasteiger partial charge in [0, 0.05) is 57.8 Å². The van der Waals surface area contributed by atoms with Gasteiger partial charge in [-0.3, -0.25) is 9.59 Å². The van der Waals surface area contributed by atoms with Crippen molar-refractivity contribution in [2.45, 2.75) is 64.5 Å². The highest BCUT2D eigenvalue weighted by Gasteiger charge is 2.42. The predicted octanol–water partition coefficient (Wildman–Crippen LogP) is 3.58. The molecule has 1 N–H and O–H groups in total. The number of ether oxygens (including phenoxy) is 1. The zero-order chi connectivity index (χ0) is 32.6. The molecule has 2 aliphatic rings. The minimum atomic E-state index is -4.85. The van der Waals surface area contributed by atoms with Gasteiger partial charge >= 0.3 is 12.3 Å². The van der Waals surface area contributed by atoms with Crippen molar-refractivity contribution in [2.75, 3.05) is 39.8 Å². The molecule has 16 heteroatoms. The number of piperazine rings is 1. The SMILES string of the molecule is CN1CCN(C(=O)c2nc(C(F)(F)F)n3c2CN(C(=O)C[C@@H](Cc2cc(F)c(F)cc2F)NC(=O)OC(C)(C)C)CC3)CC1. The smallest absolute Gasteiger partial charge is 0.444 e. The summed E-state index contributed by atoms with van der Waals surface area (Å²) in [5, 5.41) is 2.45. The Bertz CT molecular complexity index is 1410. The van der Waals surface area contributed by atoms with Gasteiger partial charge in [0.15, 0.2) is 17.3 Å². The van der Waals surface area contributed by atoms with Crippen LogP contribution in [0.5, 0.6) is 0 Å². The van der Waals surface area contributed by atoms with Gasteiger partial charge < -0.3 is 29.3 Å². The Balaban J connectivity index is 1.58. The Labute approximate surface area is 249 Å². The molecule has 0 spiro atoms. The van der Waals surface area contributed by atoms with Gasteiger partial charge in [0.05, 0.1) is 12.2 Å². The average molecular weight is 633 g/mol. The summed E-state index contributed by atoms with van der Waals surface area (Å²) in [5.74, 6) is -6.40. The Kier molecular flexibility index (Phi) is 9.51. The number of benzene rings is 1. The van der Waals surface area contributed by atoms with Crippen LogP contribution in [0.1, 0.15) is 54.8 Å². The minimum absolute atomic E-state index is 0.0795. The molecule has 3 amide bonds. The van der Waals surface area contributed by atoms with Crippen LogP contribution in [0.25, 0.3) is 0 Å². The van der Waals surface area contributed by atoms with Crippen molar-refractivity contribution < 1.29 is 45.5 Å². The second-order valence-corrected chi connectivity index (χ2v) is 11.9. The Morgan fingerprint density at radius 2 is 1.55 bits per heavy atom. The Morgan fingerprint density at radius 3 is 2.16 bits per heavy atom. The quantitative estimate of drug-likeness (QED) is 0.386. The molecule has 242 valence electrons. The number of amides is 3. The number of rotatable bonds is 6. The highest BCUT2D eigenvalue weighted by atomic mass is 19.4. The number of alkyl halides is 3. The number of carbonyl (C=O) groups is 3. The Morgan fingerprint density at radius 1 is 0.932 bits per heavy atom. The lowest BCUT2D eigenvalue weighted by atomic mass is 10.0. The van der Waals surface area contributed by atoms with Crippen LogP contribution in [-0.4, -0.2) is 93.6 Å². The monoisotopic (exact) mass is 632 g/mol. The molecular formula is C28H34F6N6O4. The number of nitrogens with zero attached hydrogens (tertiary/aromatic N) is 5. The topological polar surface area (TPSA) is 100 Å². The first-order valence-electron chi connectivity index (χ1n) is 14.0. The van der Waals surface area contributed by atoms with E-state index in [-0.39, 0.29) is 30.9 Å². The molecule has 1 aromatic carbocycles. The average Bonchev–Trinajstić information content (AvgIpc) is 3.30. The summed E-state index contributed by atoms with van der Waals surface area (Å²) in [6.07, 6.45) is -6.71. The molecule has 1 fully saturated rings. The molecule has 0 unspecified atom stereocenters. The molecule has 0 radical (unpaired) electrons. The van der Waals surface area contributed by atoms with Crippen LogP contribution < -0.4 is 5.32 Å². The normalized spacial score (nSPS) is 16.9. The number of carbonyl (C=O) groups excluding carboxylic acids is 3. The molecule has 3 heterocycles. The second-order valence-electron chi connectivity index (χ2n) is 11.9. The molecule has 0 aliphatic carbocycles. The number of hydrogen-bond acceptors (Lipinski definition) is 6. The lowest BCUT2D eigenvalue weighted by Crippen LogP contribution is -2.48. The maximum Gasteiger partial charge on any atom is 0.449 e. The largest absolute Gasteiger partial charge is 0.449 e. The van der Waals surface area contributed by atoms with Gasteiger partial charge in [-0.05, 0) is 45.9 Å².